The molecule has 1 saturated heterocycles. The van der Waals surface area contributed by atoms with Crippen LogP contribution in [0.15, 0.2) is 48.7 Å². The molecule has 0 spiro atoms. The summed E-state index contributed by atoms with van der Waals surface area (Å²) < 4.78 is 3.66. The summed E-state index contributed by atoms with van der Waals surface area (Å²) in [4.78, 5) is 23.9. The fourth-order valence-electron chi connectivity index (χ4n) is 4.39. The lowest BCUT2D eigenvalue weighted by atomic mass is 9.88. The second-order valence-corrected chi connectivity index (χ2v) is 8.55. The van der Waals surface area contributed by atoms with Gasteiger partial charge in [-0.15, -0.1) is 0 Å². The Labute approximate surface area is 190 Å². The van der Waals surface area contributed by atoms with Crippen LogP contribution in [0.1, 0.15) is 35.7 Å². The van der Waals surface area contributed by atoms with Crippen LogP contribution in [0.3, 0.4) is 0 Å². The quantitative estimate of drug-likeness (QED) is 0.483. The molecule has 1 aliphatic heterocycles. The highest BCUT2D eigenvalue weighted by molar-refractivity contribution is 6.34. The zero-order chi connectivity index (χ0) is 22.4. The molecule has 1 aliphatic rings. The average molecular weight is 448 g/mol. The van der Waals surface area contributed by atoms with E-state index in [4.69, 9.17) is 16.7 Å². The molecule has 1 fully saturated rings. The van der Waals surface area contributed by atoms with Crippen molar-refractivity contribution >= 4 is 34.3 Å². The minimum Gasteiger partial charge on any atom is -0.296 e. The zero-order valence-corrected chi connectivity index (χ0v) is 18.6. The highest BCUT2D eigenvalue weighted by Crippen LogP contribution is 2.38. The Morgan fingerprint density at radius 3 is 2.72 bits per heavy atom. The molecule has 0 radical (unpaired) electrons. The number of benzene rings is 2. The third-order valence-electron chi connectivity index (χ3n) is 6.00. The second-order valence-electron chi connectivity index (χ2n) is 8.17. The molecular weight excluding hydrogens is 426 g/mol. The van der Waals surface area contributed by atoms with Crippen molar-refractivity contribution in [2.75, 3.05) is 0 Å². The average Bonchev–Trinajstić information content (AvgIpc) is 3.31. The molecule has 5 rings (SSSR count). The lowest BCUT2D eigenvalue weighted by Crippen LogP contribution is -2.39. The molecule has 4 aromatic rings. The first kappa shape index (κ1) is 20.5. The highest BCUT2D eigenvalue weighted by atomic mass is 35.5. The number of aromatic nitrogens is 4. The second kappa shape index (κ2) is 7.91. The van der Waals surface area contributed by atoms with Gasteiger partial charge in [-0.25, -0.2) is 0 Å². The number of halogens is 1. The van der Waals surface area contributed by atoms with Crippen molar-refractivity contribution in [2.24, 2.45) is 14.1 Å². The van der Waals surface area contributed by atoms with Crippen LogP contribution < -0.4 is 5.32 Å². The molecule has 8 heteroatoms. The van der Waals surface area contributed by atoms with Crippen molar-refractivity contribution in [1.82, 2.24) is 24.9 Å². The number of fused-ring (bicyclic) bond motifs is 1. The largest absolute Gasteiger partial charge is 0.296 e. The zero-order valence-electron chi connectivity index (χ0n) is 17.8. The maximum absolute atomic E-state index is 12.4. The standard InChI is InChI=1S/C24H22ClN5O2/c1-29-11-10-15(27-29)13-20-19-7-6-14(12-21(19)30(2)28-20)16-4-3-5-17(23(16)25)18-8-9-22(31)26-24(18)32/h3-7,10-12,18H,8-9,13H2,1-2H3,(H,26,31,32). The number of hydrogen-bond acceptors (Lipinski definition) is 4. The molecule has 2 amide bonds. The molecule has 2 aromatic carbocycles. The smallest absolute Gasteiger partial charge is 0.234 e. The molecule has 1 atom stereocenters. The summed E-state index contributed by atoms with van der Waals surface area (Å²) in [6.45, 7) is 0. The Bertz CT molecular complexity index is 1370. The predicted molar refractivity (Wildman–Crippen MR) is 122 cm³/mol. The van der Waals surface area contributed by atoms with Crippen LogP contribution in [0.2, 0.25) is 5.02 Å². The van der Waals surface area contributed by atoms with Gasteiger partial charge in [-0.1, -0.05) is 41.9 Å². The van der Waals surface area contributed by atoms with Crippen LogP contribution in [0, 0.1) is 0 Å². The van der Waals surface area contributed by atoms with Crippen LogP contribution in [-0.4, -0.2) is 31.4 Å². The van der Waals surface area contributed by atoms with Crippen molar-refractivity contribution in [3.8, 4) is 11.1 Å². The SMILES string of the molecule is Cn1ccc(Cc2nn(C)c3cc(-c4cccc(C5CCC(=O)NC5=O)c4Cl)ccc23)n1. The minimum absolute atomic E-state index is 0.235. The maximum atomic E-state index is 12.4. The van der Waals surface area contributed by atoms with Crippen molar-refractivity contribution in [3.05, 3.63) is 70.6 Å². The topological polar surface area (TPSA) is 81.8 Å². The minimum atomic E-state index is -0.425. The van der Waals surface area contributed by atoms with Crippen molar-refractivity contribution in [3.63, 3.8) is 0 Å². The van der Waals surface area contributed by atoms with Crippen molar-refractivity contribution < 1.29 is 9.59 Å². The normalized spacial score (nSPS) is 16.5. The van der Waals surface area contributed by atoms with Crippen LogP contribution >= 0.6 is 11.6 Å². The predicted octanol–water partition coefficient (Wildman–Crippen LogP) is 3.74. The Hall–Kier alpha value is -3.45. The first-order chi connectivity index (χ1) is 15.4. The summed E-state index contributed by atoms with van der Waals surface area (Å²) in [6, 6.07) is 13.9. The summed E-state index contributed by atoms with van der Waals surface area (Å²) in [7, 11) is 3.83. The Morgan fingerprint density at radius 1 is 1.12 bits per heavy atom. The van der Waals surface area contributed by atoms with Gasteiger partial charge in [0.25, 0.3) is 0 Å². The first-order valence-electron chi connectivity index (χ1n) is 10.5. The Morgan fingerprint density at radius 2 is 1.97 bits per heavy atom. The molecule has 2 aromatic heterocycles. The Balaban J connectivity index is 1.52. The van der Waals surface area contributed by atoms with Crippen LogP contribution in [0.4, 0.5) is 0 Å². The number of aryl methyl sites for hydroxylation is 2. The molecule has 3 heterocycles. The molecule has 1 unspecified atom stereocenters. The number of amides is 2. The van der Waals surface area contributed by atoms with E-state index in [1.54, 1.807) is 4.68 Å². The monoisotopic (exact) mass is 447 g/mol. The number of imide groups is 1. The van der Waals surface area contributed by atoms with Gasteiger partial charge in [0.1, 0.15) is 0 Å². The van der Waals surface area contributed by atoms with Crippen molar-refractivity contribution in [1.29, 1.82) is 0 Å². The molecule has 162 valence electrons. The molecule has 0 saturated carbocycles. The number of hydrogen-bond donors (Lipinski definition) is 1. The summed E-state index contributed by atoms with van der Waals surface area (Å²) in [6.07, 6.45) is 3.36. The van der Waals surface area contributed by atoms with Gasteiger partial charge in [-0.05, 0) is 29.7 Å². The van der Waals surface area contributed by atoms with Crippen molar-refractivity contribution in [2.45, 2.75) is 25.2 Å². The number of nitrogens with zero attached hydrogens (tertiary/aromatic N) is 4. The first-order valence-corrected chi connectivity index (χ1v) is 10.8. The van der Waals surface area contributed by atoms with E-state index in [1.807, 2.05) is 55.3 Å². The number of nitrogens with one attached hydrogen (secondary N) is 1. The summed E-state index contributed by atoms with van der Waals surface area (Å²) in [5.41, 5.74) is 5.48. The number of piperidine rings is 1. The van der Waals surface area contributed by atoms with E-state index in [-0.39, 0.29) is 11.8 Å². The molecule has 0 bridgehead atoms. The summed E-state index contributed by atoms with van der Waals surface area (Å²) in [5, 5.41) is 13.2. The highest BCUT2D eigenvalue weighted by Gasteiger charge is 2.30. The lowest BCUT2D eigenvalue weighted by molar-refractivity contribution is -0.134. The van der Waals surface area contributed by atoms with E-state index in [1.165, 1.54) is 0 Å². The summed E-state index contributed by atoms with van der Waals surface area (Å²) >= 11 is 6.79. The fraction of sp³-hybridized carbons (Fsp3) is 0.250. The van der Waals surface area contributed by atoms with Gasteiger partial charge in [-0.3, -0.25) is 24.3 Å². The van der Waals surface area contributed by atoms with Crippen LogP contribution in [-0.2, 0) is 30.1 Å². The lowest BCUT2D eigenvalue weighted by Gasteiger charge is -2.23. The molecule has 7 nitrogen and oxygen atoms in total. The maximum Gasteiger partial charge on any atom is 0.234 e. The number of rotatable bonds is 4. The van der Waals surface area contributed by atoms with Gasteiger partial charge in [0.2, 0.25) is 11.8 Å². The van der Waals surface area contributed by atoms with Crippen LogP contribution in [0.25, 0.3) is 22.0 Å². The fourth-order valence-corrected chi connectivity index (χ4v) is 4.76. The van der Waals surface area contributed by atoms with Gasteiger partial charge in [0, 0.05) is 44.1 Å². The van der Waals surface area contributed by atoms with E-state index in [2.05, 4.69) is 22.5 Å². The van der Waals surface area contributed by atoms with Gasteiger partial charge < -0.3 is 0 Å². The molecule has 1 N–H and O–H groups in total. The van der Waals surface area contributed by atoms with Gasteiger partial charge in [0.15, 0.2) is 0 Å². The van der Waals surface area contributed by atoms with E-state index < -0.39 is 5.92 Å². The summed E-state index contributed by atoms with van der Waals surface area (Å²) in [5.74, 6) is -0.950. The number of carbonyl (C=O) groups excluding carboxylic acids is 2. The van der Waals surface area contributed by atoms with E-state index in [0.717, 1.165) is 39.0 Å². The van der Waals surface area contributed by atoms with Crippen LogP contribution in [0.5, 0.6) is 0 Å². The Kier molecular flexibility index (Phi) is 5.06. The third-order valence-corrected chi connectivity index (χ3v) is 6.42. The van der Waals surface area contributed by atoms with Gasteiger partial charge in [-0.2, -0.15) is 10.2 Å². The van der Waals surface area contributed by atoms with E-state index in [0.29, 0.717) is 24.3 Å². The van der Waals surface area contributed by atoms with E-state index in [9.17, 15) is 9.59 Å². The van der Waals surface area contributed by atoms with Gasteiger partial charge >= 0.3 is 0 Å². The van der Waals surface area contributed by atoms with Gasteiger partial charge in [0.05, 0.1) is 27.8 Å². The number of carbonyl (C=O) groups is 2. The molecule has 0 aliphatic carbocycles. The van der Waals surface area contributed by atoms with E-state index >= 15 is 0 Å². The molecular formula is C24H22ClN5O2. The molecule has 32 heavy (non-hydrogen) atoms. The third kappa shape index (κ3) is 3.58.